The Kier molecular flexibility index (Phi) is 11.6. The molecule has 0 amide bonds. The third-order valence-corrected chi connectivity index (χ3v) is 5.78. The van der Waals surface area contributed by atoms with Crippen molar-refractivity contribution in [2.45, 2.75) is 45.4 Å². The first-order valence-electron chi connectivity index (χ1n) is 9.21. The van der Waals surface area contributed by atoms with Gasteiger partial charge in [-0.2, -0.15) is 8.42 Å². The van der Waals surface area contributed by atoms with Crippen molar-refractivity contribution in [3.63, 3.8) is 0 Å². The molecule has 150 valence electrons. The summed E-state index contributed by atoms with van der Waals surface area (Å²) >= 11 is 2.35. The molecule has 0 unspecified atom stereocenters. The van der Waals surface area contributed by atoms with E-state index in [1.165, 1.54) is 34.0 Å². The monoisotopic (exact) mass is 504 g/mol. The minimum Gasteiger partial charge on any atom is -0.497 e. The van der Waals surface area contributed by atoms with Crippen LogP contribution in [0.15, 0.2) is 48.5 Å². The largest absolute Gasteiger partial charge is 0.497 e. The molecule has 6 heteroatoms. The Labute approximate surface area is 177 Å². The number of hydrogen-bond acceptors (Lipinski definition) is 3. The maximum atomic E-state index is 10.3. The second kappa shape index (κ2) is 13.1. The molecule has 0 aliphatic carbocycles. The quantitative estimate of drug-likeness (QED) is 0.251. The molecule has 2 aromatic rings. The van der Waals surface area contributed by atoms with Crippen LogP contribution < -0.4 is 4.74 Å². The van der Waals surface area contributed by atoms with Crippen LogP contribution >= 0.6 is 22.6 Å². The molecule has 0 saturated carbocycles. The van der Waals surface area contributed by atoms with E-state index in [2.05, 4.69) is 65.9 Å². The number of benzene rings is 2. The lowest BCUT2D eigenvalue weighted by Gasteiger charge is -2.05. The summed E-state index contributed by atoms with van der Waals surface area (Å²) in [6, 6.07) is 16.5. The molecule has 0 heterocycles. The number of ether oxygens (including phenoxy) is 1. The molecule has 1 N–H and O–H groups in total. The molecule has 4 nitrogen and oxygen atoms in total. The van der Waals surface area contributed by atoms with Crippen LogP contribution in [-0.2, 0) is 10.1 Å². The topological polar surface area (TPSA) is 63.6 Å². The fourth-order valence-corrected chi connectivity index (χ4v) is 3.80. The summed E-state index contributed by atoms with van der Waals surface area (Å²) in [7, 11) is -2.04. The summed E-state index contributed by atoms with van der Waals surface area (Å²) in [5.41, 5.74) is 2.49. The minimum absolute atomic E-state index is 0.0842. The standard InChI is InChI=1S/C13H11IO.C8H18O3S/c1-15-11-8-6-10(7-9-11)12-4-2-3-5-13(12)14;1-2-3-4-5-6-7-8-12(9,10)11/h2-9H,1H3;2-8H2,1H3,(H,9,10,11). The SMILES string of the molecule is CCCCCCCCS(=O)(=O)O.COc1ccc(-c2ccccc2I)cc1. The Hall–Kier alpha value is -1.12. The third-order valence-electron chi connectivity index (χ3n) is 4.03. The smallest absolute Gasteiger partial charge is 0.264 e. The molecule has 0 aromatic heterocycles. The van der Waals surface area contributed by atoms with Crippen molar-refractivity contribution in [1.82, 2.24) is 0 Å². The van der Waals surface area contributed by atoms with E-state index < -0.39 is 10.1 Å². The predicted octanol–water partition coefficient (Wildman–Crippen LogP) is 6.20. The van der Waals surface area contributed by atoms with E-state index in [9.17, 15) is 8.42 Å². The summed E-state index contributed by atoms with van der Waals surface area (Å²) in [4.78, 5) is 0. The second-order valence-electron chi connectivity index (χ2n) is 6.26. The van der Waals surface area contributed by atoms with Gasteiger partial charge in [0, 0.05) is 3.57 Å². The molecule has 0 spiro atoms. The van der Waals surface area contributed by atoms with Gasteiger partial charge in [-0.05, 0) is 58.3 Å². The maximum absolute atomic E-state index is 10.3. The van der Waals surface area contributed by atoms with Gasteiger partial charge in [-0.25, -0.2) is 0 Å². The normalized spacial score (nSPS) is 10.8. The molecule has 0 fully saturated rings. The Balaban J connectivity index is 0.000000279. The van der Waals surface area contributed by atoms with Crippen LogP contribution in [0.5, 0.6) is 5.75 Å². The van der Waals surface area contributed by atoms with Crippen LogP contribution in [0.3, 0.4) is 0 Å². The van der Waals surface area contributed by atoms with Gasteiger partial charge in [-0.3, -0.25) is 4.55 Å². The molecular weight excluding hydrogens is 475 g/mol. The zero-order valence-electron chi connectivity index (χ0n) is 16.0. The second-order valence-corrected chi connectivity index (χ2v) is 9.00. The van der Waals surface area contributed by atoms with Gasteiger partial charge in [0.2, 0.25) is 0 Å². The lowest BCUT2D eigenvalue weighted by Crippen LogP contribution is -2.03. The molecule has 0 bridgehead atoms. The first-order valence-corrected chi connectivity index (χ1v) is 11.9. The van der Waals surface area contributed by atoms with Crippen molar-refractivity contribution in [1.29, 1.82) is 0 Å². The van der Waals surface area contributed by atoms with Crippen molar-refractivity contribution in [3.05, 3.63) is 52.1 Å². The van der Waals surface area contributed by atoms with Crippen molar-refractivity contribution in [2.75, 3.05) is 12.9 Å². The van der Waals surface area contributed by atoms with E-state index >= 15 is 0 Å². The Morgan fingerprint density at radius 3 is 2.07 bits per heavy atom. The van der Waals surface area contributed by atoms with E-state index in [1.54, 1.807) is 7.11 Å². The van der Waals surface area contributed by atoms with Gasteiger partial charge in [-0.1, -0.05) is 69.4 Å². The fourth-order valence-electron chi connectivity index (χ4n) is 2.53. The average molecular weight is 504 g/mol. The third kappa shape index (κ3) is 10.7. The van der Waals surface area contributed by atoms with Crippen molar-refractivity contribution >= 4 is 32.7 Å². The van der Waals surface area contributed by atoms with E-state index in [0.717, 1.165) is 18.6 Å². The summed E-state index contributed by atoms with van der Waals surface area (Å²) in [5, 5.41) is 0. The van der Waals surface area contributed by atoms with Crippen molar-refractivity contribution < 1.29 is 17.7 Å². The molecule has 27 heavy (non-hydrogen) atoms. The zero-order chi connectivity index (χ0) is 20.1. The number of halogens is 1. The van der Waals surface area contributed by atoms with Gasteiger partial charge >= 0.3 is 0 Å². The highest BCUT2D eigenvalue weighted by atomic mass is 127. The highest BCUT2D eigenvalue weighted by Gasteiger charge is 2.02. The van der Waals surface area contributed by atoms with Crippen LogP contribution in [0.4, 0.5) is 0 Å². The van der Waals surface area contributed by atoms with E-state index in [-0.39, 0.29) is 5.75 Å². The van der Waals surface area contributed by atoms with E-state index in [1.807, 2.05) is 12.1 Å². The van der Waals surface area contributed by atoms with E-state index in [0.29, 0.717) is 6.42 Å². The van der Waals surface area contributed by atoms with Crippen LogP contribution in [-0.4, -0.2) is 25.8 Å². The number of rotatable bonds is 9. The molecule has 0 aliphatic rings. The maximum Gasteiger partial charge on any atom is 0.264 e. The van der Waals surface area contributed by atoms with Crippen molar-refractivity contribution in [3.8, 4) is 16.9 Å². The first kappa shape index (κ1) is 23.9. The number of methoxy groups -OCH3 is 1. The number of unbranched alkanes of at least 4 members (excludes halogenated alkanes) is 5. The van der Waals surface area contributed by atoms with Crippen LogP contribution in [0.2, 0.25) is 0 Å². The molecule has 0 aliphatic heterocycles. The zero-order valence-corrected chi connectivity index (χ0v) is 19.0. The molecule has 0 saturated heterocycles. The molecule has 2 rings (SSSR count). The van der Waals surface area contributed by atoms with Gasteiger partial charge in [0.05, 0.1) is 12.9 Å². The van der Waals surface area contributed by atoms with Gasteiger partial charge < -0.3 is 4.74 Å². The Morgan fingerprint density at radius 1 is 0.926 bits per heavy atom. The van der Waals surface area contributed by atoms with Crippen LogP contribution in [0, 0.1) is 3.57 Å². The first-order chi connectivity index (χ1) is 12.9. The van der Waals surface area contributed by atoms with Gasteiger partial charge in [-0.15, -0.1) is 0 Å². The summed E-state index contributed by atoms with van der Waals surface area (Å²) in [5.74, 6) is 0.809. The molecule has 2 aromatic carbocycles. The fraction of sp³-hybridized carbons (Fsp3) is 0.429. The van der Waals surface area contributed by atoms with Gasteiger partial charge in [0.15, 0.2) is 0 Å². The predicted molar refractivity (Wildman–Crippen MR) is 121 cm³/mol. The van der Waals surface area contributed by atoms with Crippen molar-refractivity contribution in [2.24, 2.45) is 0 Å². The number of hydrogen-bond donors (Lipinski definition) is 1. The Bertz CT molecular complexity index is 758. The highest BCUT2D eigenvalue weighted by molar-refractivity contribution is 14.1. The van der Waals surface area contributed by atoms with Crippen LogP contribution in [0.1, 0.15) is 45.4 Å². The lowest BCUT2D eigenvalue weighted by atomic mass is 10.1. The summed E-state index contributed by atoms with van der Waals surface area (Å²) < 4.78 is 35.3. The average Bonchev–Trinajstić information content (AvgIpc) is 2.65. The Morgan fingerprint density at radius 2 is 1.52 bits per heavy atom. The summed E-state index contributed by atoms with van der Waals surface area (Å²) in [6.45, 7) is 2.14. The van der Waals surface area contributed by atoms with Gasteiger partial charge in [0.25, 0.3) is 10.1 Å². The van der Waals surface area contributed by atoms with Crippen LogP contribution in [0.25, 0.3) is 11.1 Å². The van der Waals surface area contributed by atoms with Gasteiger partial charge in [0.1, 0.15) is 5.75 Å². The van der Waals surface area contributed by atoms with E-state index in [4.69, 9.17) is 9.29 Å². The molecular formula is C21H29IO4S. The highest BCUT2D eigenvalue weighted by Crippen LogP contribution is 2.26. The minimum atomic E-state index is -3.72. The molecule has 0 atom stereocenters. The lowest BCUT2D eigenvalue weighted by molar-refractivity contribution is 0.415. The summed E-state index contributed by atoms with van der Waals surface area (Å²) in [6.07, 6.45) is 6.14. The molecule has 0 radical (unpaired) electrons.